The van der Waals surface area contributed by atoms with E-state index in [9.17, 15) is 0 Å². The van der Waals surface area contributed by atoms with E-state index in [2.05, 4.69) is 73.2 Å². The van der Waals surface area contributed by atoms with Crippen LogP contribution in [0.1, 0.15) is 62.2 Å². The van der Waals surface area contributed by atoms with Crippen LogP contribution in [0.15, 0.2) is 54.6 Å². The maximum atomic E-state index is 8.58. The quantitative estimate of drug-likeness (QED) is 0.209. The summed E-state index contributed by atoms with van der Waals surface area (Å²) in [7, 11) is 0. The van der Waals surface area contributed by atoms with Gasteiger partial charge in [0.25, 0.3) is 0 Å². The van der Waals surface area contributed by atoms with Crippen molar-refractivity contribution < 1.29 is 9.53 Å². The molecule has 0 bridgehead atoms. The van der Waals surface area contributed by atoms with Gasteiger partial charge in [-0.05, 0) is 77.8 Å². The molecule has 38 heavy (non-hydrogen) atoms. The minimum absolute atomic E-state index is 0.250. The van der Waals surface area contributed by atoms with Crippen LogP contribution in [0.4, 0.5) is 17.1 Å². The SMILES string of the molecule is CC.CCCOCC.Cc1cc(Nc2ccc(CCN)cc2)c(N)c(C)n1.Cc1ccc(C)cc1.NC=O. The fraction of sp³-hybridized carbons (Fsp3) is 0.419. The molecule has 0 saturated heterocycles. The number of nitrogens with two attached hydrogens (primary N) is 3. The van der Waals surface area contributed by atoms with Crippen LogP contribution in [0, 0.1) is 27.7 Å². The van der Waals surface area contributed by atoms with Crippen LogP contribution in [0.3, 0.4) is 0 Å². The number of nitrogens with one attached hydrogen (secondary N) is 1. The summed E-state index contributed by atoms with van der Waals surface area (Å²) in [6.45, 7) is 18.6. The molecule has 0 atom stereocenters. The second-order valence-electron chi connectivity index (χ2n) is 8.16. The third-order valence-electron chi connectivity index (χ3n) is 4.81. The highest BCUT2D eigenvalue weighted by molar-refractivity contribution is 5.74. The van der Waals surface area contributed by atoms with Gasteiger partial charge in [0, 0.05) is 24.6 Å². The molecule has 7 N–H and O–H groups in total. The molecular weight excluding hydrogens is 474 g/mol. The van der Waals surface area contributed by atoms with Crippen molar-refractivity contribution in [2.75, 3.05) is 30.8 Å². The van der Waals surface area contributed by atoms with Gasteiger partial charge in [0.15, 0.2) is 0 Å². The van der Waals surface area contributed by atoms with Crippen LogP contribution >= 0.6 is 0 Å². The number of amides is 1. The highest BCUT2D eigenvalue weighted by atomic mass is 16.5. The molecule has 3 rings (SSSR count). The molecule has 0 aliphatic rings. The van der Waals surface area contributed by atoms with Crippen molar-refractivity contribution in [1.82, 2.24) is 4.98 Å². The molecule has 212 valence electrons. The normalized spacial score (nSPS) is 9.08. The van der Waals surface area contributed by atoms with Crippen molar-refractivity contribution in [2.45, 2.75) is 68.2 Å². The highest BCUT2D eigenvalue weighted by Gasteiger charge is 2.05. The van der Waals surface area contributed by atoms with Gasteiger partial charge in [-0.25, -0.2) is 0 Å². The van der Waals surface area contributed by atoms with Crippen molar-refractivity contribution in [1.29, 1.82) is 0 Å². The Morgan fingerprint density at radius 2 is 1.42 bits per heavy atom. The van der Waals surface area contributed by atoms with Gasteiger partial charge in [-0.1, -0.05) is 68.3 Å². The van der Waals surface area contributed by atoms with Gasteiger partial charge in [0.1, 0.15) is 0 Å². The zero-order valence-electron chi connectivity index (χ0n) is 24.8. The molecule has 0 spiro atoms. The predicted octanol–water partition coefficient (Wildman–Crippen LogP) is 6.39. The number of rotatable bonds is 7. The standard InChI is InChI=1S/C15H20N4.C8H10.C5H12O.C2H6.CH3NO/c1-10-9-14(15(17)11(2)18-10)19-13-5-3-12(4-6-13)7-8-16;1-7-3-5-8(2)6-4-7;1-3-5-6-4-2;1-2;2-1-3/h3-6,9H,7-8,16-17H2,1-2H3,(H,18,19);3-6H,1-2H3;3-5H2,1-2H3;1-2H3;1H,(H2,2,3). The van der Waals surface area contributed by atoms with Crippen LogP contribution < -0.4 is 22.5 Å². The van der Waals surface area contributed by atoms with Gasteiger partial charge in [0.2, 0.25) is 6.41 Å². The third-order valence-corrected chi connectivity index (χ3v) is 4.81. The second kappa shape index (κ2) is 23.9. The molecule has 1 amide bonds. The number of nitrogens with zero attached hydrogens (tertiary/aromatic N) is 1. The summed E-state index contributed by atoms with van der Waals surface area (Å²) in [6, 6.07) is 18.7. The van der Waals surface area contributed by atoms with E-state index in [-0.39, 0.29) is 6.41 Å². The summed E-state index contributed by atoms with van der Waals surface area (Å²) < 4.78 is 4.98. The van der Waals surface area contributed by atoms with E-state index in [0.29, 0.717) is 12.2 Å². The number of nitrogen functional groups attached to an aromatic ring is 1. The average Bonchev–Trinajstić information content (AvgIpc) is 2.91. The molecule has 0 unspecified atom stereocenters. The number of anilines is 3. The monoisotopic (exact) mass is 525 g/mol. The van der Waals surface area contributed by atoms with Gasteiger partial charge in [-0.3, -0.25) is 9.78 Å². The third kappa shape index (κ3) is 17.9. The Bertz CT molecular complexity index is 950. The van der Waals surface area contributed by atoms with E-state index in [0.717, 1.165) is 48.8 Å². The van der Waals surface area contributed by atoms with Crippen molar-refractivity contribution in [3.05, 3.63) is 82.7 Å². The molecule has 0 radical (unpaired) electrons. The first-order chi connectivity index (χ1) is 18.2. The fourth-order valence-electron chi connectivity index (χ4n) is 2.94. The largest absolute Gasteiger partial charge is 0.396 e. The van der Waals surface area contributed by atoms with Gasteiger partial charge in [-0.15, -0.1) is 0 Å². The van der Waals surface area contributed by atoms with Crippen LogP contribution in [0.25, 0.3) is 0 Å². The Balaban J connectivity index is 0. The number of hydrogen-bond donors (Lipinski definition) is 4. The van der Waals surface area contributed by atoms with E-state index in [4.69, 9.17) is 21.0 Å². The molecule has 0 fully saturated rings. The first-order valence-electron chi connectivity index (χ1n) is 13.3. The Morgan fingerprint density at radius 1 is 0.921 bits per heavy atom. The second-order valence-corrected chi connectivity index (χ2v) is 8.16. The number of pyridine rings is 1. The van der Waals surface area contributed by atoms with Crippen molar-refractivity contribution >= 4 is 23.5 Å². The summed E-state index contributed by atoms with van der Waals surface area (Å²) in [5.74, 6) is 0. The number of aryl methyl sites for hydroxylation is 4. The maximum absolute atomic E-state index is 8.58. The number of carbonyl (C=O) groups excluding carboxylic acids is 1. The van der Waals surface area contributed by atoms with E-state index < -0.39 is 0 Å². The molecule has 3 aromatic rings. The van der Waals surface area contributed by atoms with Gasteiger partial charge in [-0.2, -0.15) is 0 Å². The Kier molecular flexibility index (Phi) is 23.2. The predicted molar refractivity (Wildman–Crippen MR) is 165 cm³/mol. The minimum atomic E-state index is 0.250. The van der Waals surface area contributed by atoms with Crippen molar-refractivity contribution in [2.24, 2.45) is 11.5 Å². The summed E-state index contributed by atoms with van der Waals surface area (Å²) in [6.07, 6.45) is 2.28. The molecule has 7 heteroatoms. The number of primary amides is 1. The minimum Gasteiger partial charge on any atom is -0.396 e. The first kappa shape index (κ1) is 36.7. The summed E-state index contributed by atoms with van der Waals surface area (Å²) in [4.78, 5) is 12.9. The average molecular weight is 526 g/mol. The lowest BCUT2D eigenvalue weighted by Crippen LogP contribution is -2.03. The van der Waals surface area contributed by atoms with Crippen LogP contribution in [0.2, 0.25) is 0 Å². The lowest BCUT2D eigenvalue weighted by Gasteiger charge is -2.12. The number of hydrogen-bond acceptors (Lipinski definition) is 6. The van der Waals surface area contributed by atoms with Crippen LogP contribution in [-0.4, -0.2) is 31.2 Å². The zero-order chi connectivity index (χ0) is 29.3. The summed E-state index contributed by atoms with van der Waals surface area (Å²) >= 11 is 0. The Morgan fingerprint density at radius 3 is 1.82 bits per heavy atom. The van der Waals surface area contributed by atoms with E-state index in [1.807, 2.05) is 52.8 Å². The van der Waals surface area contributed by atoms with Crippen molar-refractivity contribution in [3.63, 3.8) is 0 Å². The number of carbonyl (C=O) groups is 1. The molecule has 0 saturated carbocycles. The lowest BCUT2D eigenvalue weighted by atomic mass is 10.1. The molecule has 2 aromatic carbocycles. The smallest absolute Gasteiger partial charge is 0.204 e. The topological polar surface area (TPSA) is 129 Å². The van der Waals surface area contributed by atoms with Gasteiger partial charge >= 0.3 is 0 Å². The highest BCUT2D eigenvalue weighted by Crippen LogP contribution is 2.26. The van der Waals surface area contributed by atoms with Crippen molar-refractivity contribution in [3.8, 4) is 0 Å². The number of benzene rings is 2. The van der Waals surface area contributed by atoms with E-state index in [1.54, 1.807) is 0 Å². The molecule has 1 heterocycles. The van der Waals surface area contributed by atoms with Gasteiger partial charge < -0.3 is 27.3 Å². The Labute approximate surface area is 231 Å². The van der Waals surface area contributed by atoms with Crippen LogP contribution in [-0.2, 0) is 16.0 Å². The van der Waals surface area contributed by atoms with E-state index in [1.165, 1.54) is 16.7 Å². The molecule has 0 aliphatic carbocycles. The summed E-state index contributed by atoms with van der Waals surface area (Å²) in [5.41, 5.74) is 24.0. The zero-order valence-corrected chi connectivity index (χ0v) is 24.8. The van der Waals surface area contributed by atoms with Crippen LogP contribution in [0.5, 0.6) is 0 Å². The van der Waals surface area contributed by atoms with E-state index >= 15 is 0 Å². The number of ether oxygens (including phenoxy) is 1. The molecule has 1 aromatic heterocycles. The molecule has 7 nitrogen and oxygen atoms in total. The summed E-state index contributed by atoms with van der Waals surface area (Å²) in [5, 5.41) is 3.33. The number of aromatic nitrogens is 1. The maximum Gasteiger partial charge on any atom is 0.204 e. The lowest BCUT2D eigenvalue weighted by molar-refractivity contribution is -0.106. The fourth-order valence-corrected chi connectivity index (χ4v) is 2.94. The first-order valence-corrected chi connectivity index (χ1v) is 13.3. The Hall–Kier alpha value is -3.42. The van der Waals surface area contributed by atoms with Gasteiger partial charge in [0.05, 0.1) is 17.1 Å². The molecular formula is C31H51N5O2. The molecule has 0 aliphatic heterocycles.